The number of rotatable bonds is 5. The van der Waals surface area contributed by atoms with Crippen molar-refractivity contribution in [3.8, 4) is 5.75 Å². The summed E-state index contributed by atoms with van der Waals surface area (Å²) < 4.78 is 5.51. The quantitative estimate of drug-likeness (QED) is 0.894. The Morgan fingerprint density at radius 1 is 1.21 bits per heavy atom. The van der Waals surface area contributed by atoms with Crippen LogP contribution in [0, 0.1) is 0 Å². The lowest BCUT2D eigenvalue weighted by atomic mass is 10.1. The summed E-state index contributed by atoms with van der Waals surface area (Å²) in [5.74, 6) is -0.728. The first-order valence-electron chi connectivity index (χ1n) is 6.08. The van der Waals surface area contributed by atoms with Crippen molar-refractivity contribution in [1.82, 2.24) is 4.98 Å². The Kier molecular flexibility index (Phi) is 4.13. The van der Waals surface area contributed by atoms with Crippen LogP contribution in [0.5, 0.6) is 5.75 Å². The topological polar surface area (TPSA) is 59.4 Å². The van der Waals surface area contributed by atoms with E-state index in [2.05, 4.69) is 11.9 Å². The van der Waals surface area contributed by atoms with Gasteiger partial charge in [0.05, 0.1) is 6.20 Å². The number of carboxylic acid groups (broad SMARTS) is 1. The van der Waals surface area contributed by atoms with E-state index in [4.69, 9.17) is 9.84 Å². The lowest BCUT2D eigenvalue weighted by Crippen LogP contribution is -2.03. The summed E-state index contributed by atoms with van der Waals surface area (Å²) in [6.45, 7) is 2.43. The molecule has 0 saturated heterocycles. The zero-order chi connectivity index (χ0) is 13.7. The van der Waals surface area contributed by atoms with Crippen molar-refractivity contribution in [2.45, 2.75) is 20.0 Å². The molecule has 4 heteroatoms. The largest absolute Gasteiger partial charge is 0.486 e. The molecule has 1 aromatic carbocycles. The van der Waals surface area contributed by atoms with Crippen LogP contribution in [0.1, 0.15) is 28.4 Å². The van der Waals surface area contributed by atoms with E-state index in [1.165, 1.54) is 24.0 Å². The number of hydrogen-bond acceptors (Lipinski definition) is 3. The van der Waals surface area contributed by atoms with Crippen molar-refractivity contribution < 1.29 is 14.6 Å². The third kappa shape index (κ3) is 3.31. The molecule has 0 unspecified atom stereocenters. The van der Waals surface area contributed by atoms with Crippen molar-refractivity contribution in [3.63, 3.8) is 0 Å². The zero-order valence-corrected chi connectivity index (χ0v) is 10.7. The van der Waals surface area contributed by atoms with Crippen molar-refractivity contribution in [2.24, 2.45) is 0 Å². The number of pyridine rings is 1. The van der Waals surface area contributed by atoms with Crippen LogP contribution >= 0.6 is 0 Å². The number of aromatic nitrogens is 1. The number of hydrogen-bond donors (Lipinski definition) is 1. The molecule has 0 aliphatic rings. The number of aromatic carboxylic acids is 1. The van der Waals surface area contributed by atoms with Gasteiger partial charge in [0.15, 0.2) is 5.75 Å². The van der Waals surface area contributed by atoms with E-state index in [0.29, 0.717) is 6.61 Å². The van der Waals surface area contributed by atoms with Gasteiger partial charge in [0, 0.05) is 6.20 Å². The standard InChI is InChI=1S/C15H15NO3/c1-2-11-3-5-12(6-4-11)10-19-14-9-16-8-7-13(14)15(17)18/h3-9H,2,10H2,1H3,(H,17,18). The van der Waals surface area contributed by atoms with Crippen molar-refractivity contribution in [2.75, 3.05) is 0 Å². The van der Waals surface area contributed by atoms with Gasteiger partial charge in [0.2, 0.25) is 0 Å². The Hall–Kier alpha value is -2.36. The molecule has 4 nitrogen and oxygen atoms in total. The Bertz CT molecular complexity index is 564. The lowest BCUT2D eigenvalue weighted by Gasteiger charge is -2.08. The molecule has 0 amide bonds. The van der Waals surface area contributed by atoms with Gasteiger partial charge in [0.1, 0.15) is 12.2 Å². The predicted molar refractivity (Wildman–Crippen MR) is 71.3 cm³/mol. The number of carbonyl (C=O) groups is 1. The molecule has 0 aliphatic carbocycles. The van der Waals surface area contributed by atoms with Crippen LogP contribution < -0.4 is 4.74 Å². The predicted octanol–water partition coefficient (Wildman–Crippen LogP) is 2.92. The minimum atomic E-state index is -1.02. The normalized spacial score (nSPS) is 10.2. The van der Waals surface area contributed by atoms with E-state index in [1.54, 1.807) is 0 Å². The molecule has 1 aromatic heterocycles. The van der Waals surface area contributed by atoms with E-state index in [9.17, 15) is 4.79 Å². The fourth-order valence-electron chi connectivity index (χ4n) is 1.70. The molecule has 0 aliphatic heterocycles. The van der Waals surface area contributed by atoms with Gasteiger partial charge in [-0.25, -0.2) is 4.79 Å². The molecule has 0 atom stereocenters. The first-order valence-corrected chi connectivity index (χ1v) is 6.08. The minimum Gasteiger partial charge on any atom is -0.486 e. The van der Waals surface area contributed by atoms with Crippen molar-refractivity contribution in [1.29, 1.82) is 0 Å². The maximum absolute atomic E-state index is 11.0. The van der Waals surface area contributed by atoms with Gasteiger partial charge >= 0.3 is 5.97 Å². The Morgan fingerprint density at radius 2 is 1.89 bits per heavy atom. The van der Waals surface area contributed by atoms with E-state index in [0.717, 1.165) is 12.0 Å². The molecular formula is C15H15NO3. The summed E-state index contributed by atoms with van der Waals surface area (Å²) in [7, 11) is 0. The number of nitrogens with zero attached hydrogens (tertiary/aromatic N) is 1. The van der Waals surface area contributed by atoms with Gasteiger partial charge in [0.25, 0.3) is 0 Å². The summed E-state index contributed by atoms with van der Waals surface area (Å²) in [4.78, 5) is 14.9. The first kappa shape index (κ1) is 13.1. The maximum Gasteiger partial charge on any atom is 0.339 e. The maximum atomic E-state index is 11.0. The van der Waals surface area contributed by atoms with Crippen LogP contribution in [0.3, 0.4) is 0 Å². The first-order chi connectivity index (χ1) is 9.20. The highest BCUT2D eigenvalue weighted by molar-refractivity contribution is 5.90. The number of ether oxygens (including phenoxy) is 1. The second-order valence-corrected chi connectivity index (χ2v) is 4.14. The second-order valence-electron chi connectivity index (χ2n) is 4.14. The molecule has 19 heavy (non-hydrogen) atoms. The Morgan fingerprint density at radius 3 is 2.53 bits per heavy atom. The van der Waals surface area contributed by atoms with Crippen LogP contribution in [0.25, 0.3) is 0 Å². The van der Waals surface area contributed by atoms with Crippen molar-refractivity contribution in [3.05, 3.63) is 59.4 Å². The van der Waals surface area contributed by atoms with E-state index in [-0.39, 0.29) is 11.3 Å². The highest BCUT2D eigenvalue weighted by Gasteiger charge is 2.10. The third-order valence-corrected chi connectivity index (χ3v) is 2.84. The zero-order valence-electron chi connectivity index (χ0n) is 10.7. The van der Waals surface area contributed by atoms with Crippen LogP contribution in [-0.2, 0) is 13.0 Å². The number of benzene rings is 1. The van der Waals surface area contributed by atoms with Gasteiger partial charge in [-0.3, -0.25) is 4.98 Å². The number of aryl methyl sites for hydroxylation is 1. The van der Waals surface area contributed by atoms with Gasteiger partial charge < -0.3 is 9.84 Å². The fraction of sp³-hybridized carbons (Fsp3) is 0.200. The molecular weight excluding hydrogens is 242 g/mol. The average Bonchev–Trinajstić information content (AvgIpc) is 2.46. The van der Waals surface area contributed by atoms with Crippen molar-refractivity contribution >= 4 is 5.97 Å². The minimum absolute atomic E-state index is 0.125. The molecule has 2 rings (SSSR count). The van der Waals surface area contributed by atoms with Crippen LogP contribution in [0.15, 0.2) is 42.7 Å². The molecule has 0 saturated carbocycles. The summed E-state index contributed by atoms with van der Waals surface area (Å²) in [6, 6.07) is 9.48. The molecule has 0 fully saturated rings. The molecule has 0 spiro atoms. The Labute approximate surface area is 111 Å². The smallest absolute Gasteiger partial charge is 0.339 e. The van der Waals surface area contributed by atoms with Gasteiger partial charge in [-0.2, -0.15) is 0 Å². The highest BCUT2D eigenvalue weighted by atomic mass is 16.5. The molecule has 1 heterocycles. The van der Waals surface area contributed by atoms with E-state index >= 15 is 0 Å². The molecule has 98 valence electrons. The Balaban J connectivity index is 2.07. The SMILES string of the molecule is CCc1ccc(COc2cnccc2C(=O)O)cc1. The second kappa shape index (κ2) is 6.00. The van der Waals surface area contributed by atoms with Gasteiger partial charge in [-0.1, -0.05) is 31.2 Å². The van der Waals surface area contributed by atoms with Crippen LogP contribution in [-0.4, -0.2) is 16.1 Å². The van der Waals surface area contributed by atoms with Crippen LogP contribution in [0.2, 0.25) is 0 Å². The van der Waals surface area contributed by atoms with Crippen LogP contribution in [0.4, 0.5) is 0 Å². The van der Waals surface area contributed by atoms with E-state index < -0.39 is 5.97 Å². The molecule has 1 N–H and O–H groups in total. The molecule has 2 aromatic rings. The van der Waals surface area contributed by atoms with E-state index in [1.807, 2.05) is 24.3 Å². The summed E-state index contributed by atoms with van der Waals surface area (Å²) in [5.41, 5.74) is 2.38. The monoisotopic (exact) mass is 257 g/mol. The highest BCUT2D eigenvalue weighted by Crippen LogP contribution is 2.18. The number of carboxylic acids is 1. The lowest BCUT2D eigenvalue weighted by molar-refractivity contribution is 0.0691. The fourth-order valence-corrected chi connectivity index (χ4v) is 1.70. The molecule has 0 bridgehead atoms. The molecule has 0 radical (unpaired) electrons. The third-order valence-electron chi connectivity index (χ3n) is 2.84. The van der Waals surface area contributed by atoms with Gasteiger partial charge in [-0.05, 0) is 23.6 Å². The summed E-state index contributed by atoms with van der Waals surface area (Å²) in [6.07, 6.45) is 3.85. The average molecular weight is 257 g/mol. The van der Waals surface area contributed by atoms with Gasteiger partial charge in [-0.15, -0.1) is 0 Å². The summed E-state index contributed by atoms with van der Waals surface area (Å²) >= 11 is 0. The summed E-state index contributed by atoms with van der Waals surface area (Å²) in [5, 5.41) is 9.02.